The van der Waals surface area contributed by atoms with Crippen molar-refractivity contribution < 1.29 is 5.11 Å². The van der Waals surface area contributed by atoms with Gasteiger partial charge in [0.2, 0.25) is 0 Å². The van der Waals surface area contributed by atoms with Crippen molar-refractivity contribution in [2.24, 2.45) is 10.9 Å². The molecule has 1 aromatic rings. The van der Waals surface area contributed by atoms with Gasteiger partial charge in [0.1, 0.15) is 0 Å². The molecule has 3 heteroatoms. The Morgan fingerprint density at radius 2 is 2.00 bits per heavy atom. The van der Waals surface area contributed by atoms with Crippen LogP contribution in [0.2, 0.25) is 0 Å². The highest BCUT2D eigenvalue weighted by Crippen LogP contribution is 2.36. The smallest absolute Gasteiger partial charge is 0.0630 e. The maximum Gasteiger partial charge on any atom is 0.0630 e. The number of aliphatic hydroxyl groups is 1. The topological polar surface area (TPSA) is 35.8 Å². The molecule has 1 aliphatic rings. The van der Waals surface area contributed by atoms with Crippen LogP contribution in [0.15, 0.2) is 29.3 Å². The predicted molar refractivity (Wildman–Crippen MR) is 85.8 cm³/mol. The summed E-state index contributed by atoms with van der Waals surface area (Å²) in [5.74, 6) is 0.300. The van der Waals surface area contributed by atoms with E-state index in [9.17, 15) is 5.11 Å². The molecule has 0 spiro atoms. The fourth-order valence-corrected chi connectivity index (χ4v) is 2.93. The van der Waals surface area contributed by atoms with E-state index in [2.05, 4.69) is 36.1 Å². The van der Waals surface area contributed by atoms with Crippen molar-refractivity contribution >= 4 is 11.9 Å². The second-order valence-corrected chi connectivity index (χ2v) is 6.23. The van der Waals surface area contributed by atoms with Crippen molar-refractivity contribution in [2.45, 2.75) is 38.1 Å². The molecule has 2 rings (SSSR count). The minimum Gasteiger partial charge on any atom is -0.396 e. The van der Waals surface area contributed by atoms with Gasteiger partial charge in [-0.1, -0.05) is 25.0 Å². The molecule has 3 nitrogen and oxygen atoms in total. The molecule has 0 heterocycles. The zero-order valence-electron chi connectivity index (χ0n) is 12.8. The number of hydrogen-bond donors (Lipinski definition) is 1. The monoisotopic (exact) mass is 274 g/mol. The van der Waals surface area contributed by atoms with Gasteiger partial charge in [-0.25, -0.2) is 0 Å². The van der Waals surface area contributed by atoms with Gasteiger partial charge in [-0.3, -0.25) is 4.99 Å². The molecule has 0 unspecified atom stereocenters. The highest BCUT2D eigenvalue weighted by molar-refractivity contribution is 5.80. The molecule has 0 amide bonds. The van der Waals surface area contributed by atoms with Gasteiger partial charge in [0, 0.05) is 38.5 Å². The number of rotatable bonds is 4. The molecule has 20 heavy (non-hydrogen) atoms. The van der Waals surface area contributed by atoms with Gasteiger partial charge in [0.25, 0.3) is 0 Å². The van der Waals surface area contributed by atoms with E-state index in [1.165, 1.54) is 18.5 Å². The molecule has 2 atom stereocenters. The average molecular weight is 274 g/mol. The van der Waals surface area contributed by atoms with Crippen LogP contribution in [0.1, 0.15) is 38.2 Å². The van der Waals surface area contributed by atoms with Gasteiger partial charge < -0.3 is 10.0 Å². The van der Waals surface area contributed by atoms with Gasteiger partial charge in [0.15, 0.2) is 0 Å². The Balaban J connectivity index is 2.10. The Morgan fingerprint density at radius 3 is 2.60 bits per heavy atom. The minimum atomic E-state index is -0.104. The van der Waals surface area contributed by atoms with Crippen molar-refractivity contribution in [1.29, 1.82) is 0 Å². The third kappa shape index (κ3) is 3.40. The quantitative estimate of drug-likeness (QED) is 0.856. The van der Waals surface area contributed by atoms with E-state index in [0.29, 0.717) is 5.92 Å². The van der Waals surface area contributed by atoms with Crippen LogP contribution < -0.4 is 4.90 Å². The largest absolute Gasteiger partial charge is 0.396 e. The lowest BCUT2D eigenvalue weighted by molar-refractivity contribution is 0.122. The molecular formula is C17H26N2O. The van der Waals surface area contributed by atoms with E-state index >= 15 is 0 Å². The first-order valence-corrected chi connectivity index (χ1v) is 7.48. The van der Waals surface area contributed by atoms with Gasteiger partial charge in [-0.2, -0.15) is 0 Å². The molecule has 0 aromatic heterocycles. The summed E-state index contributed by atoms with van der Waals surface area (Å²) in [4.78, 5) is 6.90. The lowest BCUT2D eigenvalue weighted by Crippen LogP contribution is -2.38. The third-order valence-electron chi connectivity index (χ3n) is 4.50. The third-order valence-corrected chi connectivity index (χ3v) is 4.50. The highest BCUT2D eigenvalue weighted by atomic mass is 16.3. The van der Waals surface area contributed by atoms with Crippen LogP contribution in [-0.2, 0) is 0 Å². The normalized spacial score (nSPS) is 26.9. The van der Waals surface area contributed by atoms with Gasteiger partial charge in [-0.05, 0) is 37.5 Å². The lowest BCUT2D eigenvalue weighted by atomic mass is 9.75. The van der Waals surface area contributed by atoms with Crippen LogP contribution in [0.3, 0.4) is 0 Å². The lowest BCUT2D eigenvalue weighted by Gasteiger charge is -2.37. The molecule has 0 radical (unpaired) electrons. The number of hydrogen-bond acceptors (Lipinski definition) is 3. The van der Waals surface area contributed by atoms with Crippen LogP contribution in [0.4, 0.5) is 5.69 Å². The molecule has 1 fully saturated rings. The maximum absolute atomic E-state index is 9.54. The Bertz CT molecular complexity index is 453. The van der Waals surface area contributed by atoms with E-state index in [1.54, 1.807) is 0 Å². The molecule has 0 aliphatic heterocycles. The summed E-state index contributed by atoms with van der Waals surface area (Å²) in [6.07, 6.45) is 6.56. The second-order valence-electron chi connectivity index (χ2n) is 6.23. The van der Waals surface area contributed by atoms with Crippen molar-refractivity contribution in [2.75, 3.05) is 25.6 Å². The summed E-state index contributed by atoms with van der Waals surface area (Å²) >= 11 is 0. The molecule has 1 aliphatic carbocycles. The predicted octanol–water partition coefficient (Wildman–Crippen LogP) is 3.11. The molecule has 0 bridgehead atoms. The summed E-state index contributed by atoms with van der Waals surface area (Å²) < 4.78 is 0. The summed E-state index contributed by atoms with van der Waals surface area (Å²) in [6, 6.07) is 8.40. The Labute approximate surface area is 122 Å². The molecule has 0 saturated heterocycles. The van der Waals surface area contributed by atoms with E-state index < -0.39 is 0 Å². The summed E-state index contributed by atoms with van der Waals surface area (Å²) in [5, 5.41) is 9.54. The zero-order chi connectivity index (χ0) is 14.6. The minimum absolute atomic E-state index is 0.104. The first-order chi connectivity index (χ1) is 9.55. The number of nitrogens with zero attached hydrogens (tertiary/aromatic N) is 2. The van der Waals surface area contributed by atoms with Gasteiger partial charge in [-0.15, -0.1) is 0 Å². The van der Waals surface area contributed by atoms with Crippen LogP contribution in [-0.4, -0.2) is 37.6 Å². The van der Waals surface area contributed by atoms with Crippen molar-refractivity contribution in [3.63, 3.8) is 0 Å². The molecule has 1 aromatic carbocycles. The Morgan fingerprint density at radius 1 is 1.30 bits per heavy atom. The first-order valence-electron chi connectivity index (χ1n) is 7.48. The Kier molecular flexibility index (Phi) is 4.81. The number of aliphatic imine (C=N–C) groups is 1. The first kappa shape index (κ1) is 15.0. The summed E-state index contributed by atoms with van der Waals surface area (Å²) in [6.45, 7) is 2.42. The van der Waals surface area contributed by atoms with Crippen LogP contribution in [0.25, 0.3) is 0 Å². The van der Waals surface area contributed by atoms with E-state index in [-0.39, 0.29) is 12.1 Å². The molecule has 110 valence electrons. The fourth-order valence-electron chi connectivity index (χ4n) is 2.93. The van der Waals surface area contributed by atoms with E-state index in [1.807, 2.05) is 20.3 Å². The standard InChI is InChI=1S/C17H26N2O/c1-17(11-5-4-6-15(17)13-20)18-12-14-7-9-16(10-8-14)19(2)3/h7-10,12,15,20H,4-6,11,13H2,1-3H3/t15-,17-/m0/s1. The second kappa shape index (κ2) is 6.40. The van der Waals surface area contributed by atoms with Crippen LogP contribution >= 0.6 is 0 Å². The summed E-state index contributed by atoms with van der Waals surface area (Å²) in [5.41, 5.74) is 2.21. The SMILES string of the molecule is CN(C)c1ccc(C=N[C@@]2(C)CCCC[C@H]2CO)cc1. The van der Waals surface area contributed by atoms with Gasteiger partial charge in [0.05, 0.1) is 5.54 Å². The van der Waals surface area contributed by atoms with Crippen LogP contribution in [0.5, 0.6) is 0 Å². The van der Waals surface area contributed by atoms with Crippen molar-refractivity contribution in [1.82, 2.24) is 0 Å². The molecule has 1 saturated carbocycles. The van der Waals surface area contributed by atoms with E-state index in [0.717, 1.165) is 18.4 Å². The van der Waals surface area contributed by atoms with Crippen molar-refractivity contribution in [3.8, 4) is 0 Å². The fraction of sp³-hybridized carbons (Fsp3) is 0.588. The number of anilines is 1. The highest BCUT2D eigenvalue weighted by Gasteiger charge is 2.35. The Hall–Kier alpha value is -1.35. The zero-order valence-corrected chi connectivity index (χ0v) is 12.8. The number of aliphatic hydroxyl groups excluding tert-OH is 1. The van der Waals surface area contributed by atoms with Crippen LogP contribution in [0, 0.1) is 5.92 Å². The van der Waals surface area contributed by atoms with Gasteiger partial charge >= 0.3 is 0 Å². The average Bonchev–Trinajstić information content (AvgIpc) is 2.46. The number of benzene rings is 1. The summed E-state index contributed by atoms with van der Waals surface area (Å²) in [7, 11) is 4.08. The maximum atomic E-state index is 9.54. The molecular weight excluding hydrogens is 248 g/mol. The van der Waals surface area contributed by atoms with E-state index in [4.69, 9.17) is 4.99 Å². The molecule has 1 N–H and O–H groups in total. The van der Waals surface area contributed by atoms with Crippen molar-refractivity contribution in [3.05, 3.63) is 29.8 Å².